The third-order valence-corrected chi connectivity index (χ3v) is 6.50. The molecule has 2 aromatic heterocycles. The first-order valence-corrected chi connectivity index (χ1v) is 10.2. The van der Waals surface area contributed by atoms with Gasteiger partial charge in [-0.3, -0.25) is 19.7 Å². The molecule has 9 heteroatoms. The molecule has 1 amide bonds. The van der Waals surface area contributed by atoms with Crippen LogP contribution in [-0.4, -0.2) is 45.1 Å². The number of fused-ring (bicyclic) bond motifs is 5. The molecule has 4 heterocycles. The van der Waals surface area contributed by atoms with Crippen LogP contribution in [0.3, 0.4) is 0 Å². The number of aryl methyl sites for hydroxylation is 1. The molecule has 0 unspecified atom stereocenters. The summed E-state index contributed by atoms with van der Waals surface area (Å²) in [5, 5.41) is 12.0. The summed E-state index contributed by atoms with van der Waals surface area (Å²) in [4.78, 5) is 38.4. The molecule has 0 aliphatic carbocycles. The maximum Gasteiger partial charge on any atom is 0.334 e. The van der Waals surface area contributed by atoms with Crippen LogP contribution in [0.2, 0.25) is 0 Å². The zero-order chi connectivity index (χ0) is 21.9. The van der Waals surface area contributed by atoms with Gasteiger partial charge in [0.25, 0.3) is 5.91 Å². The summed E-state index contributed by atoms with van der Waals surface area (Å²) in [5.41, 5.74) is 1.38. The number of hydrogen-bond acceptors (Lipinski definition) is 5. The molecule has 1 fully saturated rings. The summed E-state index contributed by atoms with van der Waals surface area (Å²) in [5.74, 6) is 0.707. The fourth-order valence-corrected chi connectivity index (χ4v) is 5.08. The Labute approximate surface area is 177 Å². The highest BCUT2D eigenvalue weighted by molar-refractivity contribution is 6.07. The van der Waals surface area contributed by atoms with E-state index in [1.54, 1.807) is 13.2 Å². The topological polar surface area (TPSA) is 99.6 Å². The second kappa shape index (κ2) is 6.97. The number of benzene rings is 1. The molecule has 0 radical (unpaired) electrons. The standard InChI is InChI=1S/C22H22N4O5/c1-23-12-17(16-8-15(31-2)3-4-19(16)23)21(27)24-9-13-7-14(11-24)18-5-6-20(26(29)30)22(28)25(18)10-13/h3-6,8,12-14H,7,9-11H2,1-2H3/t13-,14+/m0/s1. The number of pyridine rings is 1. The minimum absolute atomic E-state index is 0.0190. The maximum atomic E-state index is 13.5. The highest BCUT2D eigenvalue weighted by Gasteiger charge is 2.38. The number of carbonyl (C=O) groups excluding carboxylic acids is 1. The lowest BCUT2D eigenvalue weighted by Gasteiger charge is -2.42. The number of piperidine rings is 1. The maximum absolute atomic E-state index is 13.5. The van der Waals surface area contributed by atoms with Crippen molar-refractivity contribution < 1.29 is 14.5 Å². The average Bonchev–Trinajstić information content (AvgIpc) is 3.09. The number of rotatable bonds is 3. The lowest BCUT2D eigenvalue weighted by Crippen LogP contribution is -2.49. The Kier molecular flexibility index (Phi) is 4.35. The van der Waals surface area contributed by atoms with Crippen LogP contribution in [0.15, 0.2) is 41.3 Å². The van der Waals surface area contributed by atoms with Crippen molar-refractivity contribution >= 4 is 22.5 Å². The van der Waals surface area contributed by atoms with E-state index in [1.165, 1.54) is 10.6 Å². The summed E-state index contributed by atoms with van der Waals surface area (Å²) in [6.07, 6.45) is 2.71. The number of nitrogens with zero attached hydrogens (tertiary/aromatic N) is 4. The first-order valence-electron chi connectivity index (χ1n) is 10.2. The molecule has 5 rings (SSSR count). The van der Waals surface area contributed by atoms with Gasteiger partial charge in [-0.15, -0.1) is 0 Å². The predicted octanol–water partition coefficient (Wildman–Crippen LogP) is 2.52. The van der Waals surface area contributed by atoms with E-state index in [2.05, 4.69) is 0 Å². The largest absolute Gasteiger partial charge is 0.497 e. The molecule has 3 aromatic rings. The summed E-state index contributed by atoms with van der Waals surface area (Å²) in [7, 11) is 3.51. The van der Waals surface area contributed by atoms with E-state index >= 15 is 0 Å². The molecule has 31 heavy (non-hydrogen) atoms. The third-order valence-electron chi connectivity index (χ3n) is 6.50. The lowest BCUT2D eigenvalue weighted by molar-refractivity contribution is -0.386. The third kappa shape index (κ3) is 2.99. The van der Waals surface area contributed by atoms with Gasteiger partial charge in [0.2, 0.25) is 0 Å². The molecule has 1 saturated heterocycles. The predicted molar refractivity (Wildman–Crippen MR) is 114 cm³/mol. The van der Waals surface area contributed by atoms with Crippen molar-refractivity contribution in [1.82, 2.24) is 14.0 Å². The van der Waals surface area contributed by atoms with Crippen LogP contribution in [0, 0.1) is 16.0 Å². The van der Waals surface area contributed by atoms with E-state index in [1.807, 2.05) is 40.9 Å². The molecule has 1 aromatic carbocycles. The summed E-state index contributed by atoms with van der Waals surface area (Å²) < 4.78 is 8.80. The molecule has 2 aliphatic heterocycles. The van der Waals surface area contributed by atoms with Gasteiger partial charge in [0, 0.05) is 61.5 Å². The smallest absolute Gasteiger partial charge is 0.334 e. The molecule has 2 aliphatic rings. The van der Waals surface area contributed by atoms with Gasteiger partial charge in [-0.1, -0.05) is 0 Å². The van der Waals surface area contributed by atoms with Gasteiger partial charge in [-0.2, -0.15) is 0 Å². The molecule has 2 atom stereocenters. The summed E-state index contributed by atoms with van der Waals surface area (Å²) >= 11 is 0. The second-order valence-corrected chi connectivity index (χ2v) is 8.36. The van der Waals surface area contributed by atoms with Crippen molar-refractivity contribution in [2.45, 2.75) is 18.9 Å². The van der Waals surface area contributed by atoms with Crippen LogP contribution in [0.4, 0.5) is 5.69 Å². The van der Waals surface area contributed by atoms with Gasteiger partial charge in [-0.05, 0) is 36.6 Å². The van der Waals surface area contributed by atoms with Crippen molar-refractivity contribution in [3.63, 3.8) is 0 Å². The van der Waals surface area contributed by atoms with E-state index in [0.717, 1.165) is 23.0 Å². The van der Waals surface area contributed by atoms with Crippen molar-refractivity contribution in [3.05, 3.63) is 68.3 Å². The minimum Gasteiger partial charge on any atom is -0.497 e. The van der Waals surface area contributed by atoms with E-state index in [9.17, 15) is 19.7 Å². The molecular weight excluding hydrogens is 400 g/mol. The van der Waals surface area contributed by atoms with Gasteiger partial charge in [0.05, 0.1) is 17.6 Å². The molecule has 0 N–H and O–H groups in total. The quantitative estimate of drug-likeness (QED) is 0.477. The molecule has 2 bridgehead atoms. The van der Waals surface area contributed by atoms with E-state index < -0.39 is 16.2 Å². The number of ether oxygens (including phenoxy) is 1. The van der Waals surface area contributed by atoms with Crippen LogP contribution in [-0.2, 0) is 13.6 Å². The highest BCUT2D eigenvalue weighted by Crippen LogP contribution is 2.37. The SMILES string of the molecule is COc1ccc2c(c1)c(C(=O)N1C[C@@H]3C[C@H](C1)c1ccc([N+](=O)[O-])c(=O)n1C3)cn2C. The zero-order valence-corrected chi connectivity index (χ0v) is 17.3. The number of amides is 1. The Morgan fingerprint density at radius 1 is 1.19 bits per heavy atom. The Morgan fingerprint density at radius 3 is 2.74 bits per heavy atom. The first kappa shape index (κ1) is 19.3. The van der Waals surface area contributed by atoms with Crippen molar-refractivity contribution in [1.29, 1.82) is 0 Å². The van der Waals surface area contributed by atoms with Gasteiger partial charge in [0.1, 0.15) is 5.75 Å². The highest BCUT2D eigenvalue weighted by atomic mass is 16.6. The van der Waals surface area contributed by atoms with Crippen LogP contribution in [0.5, 0.6) is 5.75 Å². The lowest BCUT2D eigenvalue weighted by atomic mass is 9.83. The van der Waals surface area contributed by atoms with Gasteiger partial charge in [-0.25, -0.2) is 0 Å². The second-order valence-electron chi connectivity index (χ2n) is 8.36. The van der Waals surface area contributed by atoms with Crippen LogP contribution < -0.4 is 10.3 Å². The van der Waals surface area contributed by atoms with E-state index in [0.29, 0.717) is 30.9 Å². The Morgan fingerprint density at radius 2 is 2.00 bits per heavy atom. The van der Waals surface area contributed by atoms with Gasteiger partial charge >= 0.3 is 11.2 Å². The van der Waals surface area contributed by atoms with Gasteiger partial charge < -0.3 is 18.8 Å². The summed E-state index contributed by atoms with van der Waals surface area (Å²) in [6, 6.07) is 8.63. The number of hydrogen-bond donors (Lipinski definition) is 0. The van der Waals surface area contributed by atoms with Gasteiger partial charge in [0.15, 0.2) is 0 Å². The van der Waals surface area contributed by atoms with Crippen molar-refractivity contribution in [3.8, 4) is 5.75 Å². The molecule has 0 saturated carbocycles. The van der Waals surface area contributed by atoms with E-state index in [-0.39, 0.29) is 17.7 Å². The van der Waals surface area contributed by atoms with Crippen LogP contribution in [0.1, 0.15) is 28.4 Å². The summed E-state index contributed by atoms with van der Waals surface area (Å²) in [6.45, 7) is 1.39. The Bertz CT molecular complexity index is 1290. The number of likely N-dealkylation sites (tertiary alicyclic amines) is 1. The fourth-order valence-electron chi connectivity index (χ4n) is 5.08. The number of aromatic nitrogens is 2. The zero-order valence-electron chi connectivity index (χ0n) is 17.3. The monoisotopic (exact) mass is 422 g/mol. The molecular formula is C22H22N4O5. The average molecular weight is 422 g/mol. The van der Waals surface area contributed by atoms with E-state index in [4.69, 9.17) is 4.74 Å². The number of methoxy groups -OCH3 is 1. The Balaban J connectivity index is 1.49. The number of carbonyl (C=O) groups is 1. The molecule has 160 valence electrons. The van der Waals surface area contributed by atoms with Crippen LogP contribution >= 0.6 is 0 Å². The molecule has 9 nitrogen and oxygen atoms in total. The number of nitro groups is 1. The van der Waals surface area contributed by atoms with Crippen LogP contribution in [0.25, 0.3) is 10.9 Å². The Hall–Kier alpha value is -3.62. The molecule has 0 spiro atoms. The first-order chi connectivity index (χ1) is 14.9. The minimum atomic E-state index is -0.634. The normalized spacial score (nSPS) is 19.9. The van der Waals surface area contributed by atoms with Crippen molar-refractivity contribution in [2.24, 2.45) is 13.0 Å². The fraction of sp³-hybridized carbons (Fsp3) is 0.364. The van der Waals surface area contributed by atoms with Crippen molar-refractivity contribution in [2.75, 3.05) is 20.2 Å².